The van der Waals surface area contributed by atoms with Crippen molar-refractivity contribution in [2.75, 3.05) is 19.6 Å². The van der Waals surface area contributed by atoms with Gasteiger partial charge in [-0.25, -0.2) is 0 Å². The van der Waals surface area contributed by atoms with Crippen molar-refractivity contribution in [1.29, 1.82) is 0 Å². The van der Waals surface area contributed by atoms with Crippen LogP contribution in [0.4, 0.5) is 0 Å². The average molecular weight is 481 g/mol. The van der Waals surface area contributed by atoms with Gasteiger partial charge in [0.15, 0.2) is 0 Å². The topological polar surface area (TPSA) is 268 Å². The third-order valence-corrected chi connectivity index (χ3v) is 4.82. The fourth-order valence-corrected chi connectivity index (χ4v) is 2.08. The summed E-state index contributed by atoms with van der Waals surface area (Å²) in [7, 11) is 0. The molecule has 0 aromatic heterocycles. The Kier molecular flexibility index (Phi) is 24.6. The summed E-state index contributed by atoms with van der Waals surface area (Å²) in [5.74, 6) is -0.141. The summed E-state index contributed by atoms with van der Waals surface area (Å²) in [5, 5.41) is 27.0. The molecule has 0 saturated carbocycles. The fourth-order valence-electron chi connectivity index (χ4n) is 2.08. The van der Waals surface area contributed by atoms with Gasteiger partial charge in [-0.2, -0.15) is 0 Å². The molecule has 0 amide bonds. The van der Waals surface area contributed by atoms with Crippen LogP contribution in [0.25, 0.3) is 0 Å². The van der Waals surface area contributed by atoms with Crippen molar-refractivity contribution in [3.63, 3.8) is 0 Å². The van der Waals surface area contributed by atoms with Crippen molar-refractivity contribution in [1.82, 2.24) is 0 Å². The minimum Gasteiger partial charge on any atom is -0.392 e. The molecular weight excluding hydrogens is 432 g/mol. The quantitative estimate of drug-likeness (QED) is 0.113. The van der Waals surface area contributed by atoms with Crippen LogP contribution in [0.1, 0.15) is 59.3 Å². The molecule has 12 nitrogen and oxygen atoms in total. The fraction of sp³-hybridized carbons (Fsp3) is 0.857. The lowest BCUT2D eigenvalue weighted by Gasteiger charge is -2.10. The van der Waals surface area contributed by atoms with Gasteiger partial charge in [0.1, 0.15) is 17.3 Å². The van der Waals surface area contributed by atoms with Crippen LogP contribution in [0, 0.1) is 0 Å². The van der Waals surface area contributed by atoms with Gasteiger partial charge in [0.05, 0.1) is 36.4 Å². The van der Waals surface area contributed by atoms with E-state index in [-0.39, 0.29) is 37.0 Å². The first-order valence-corrected chi connectivity index (χ1v) is 11.2. The molecule has 0 aliphatic rings. The van der Waals surface area contributed by atoms with Gasteiger partial charge in [-0.05, 0) is 59.3 Å². The summed E-state index contributed by atoms with van der Waals surface area (Å²) >= 11 is 0. The first kappa shape index (κ1) is 36.2. The Morgan fingerprint density at radius 2 is 0.697 bits per heavy atom. The van der Waals surface area contributed by atoms with E-state index < -0.39 is 36.4 Å². The van der Waals surface area contributed by atoms with Crippen LogP contribution in [-0.2, 0) is 14.4 Å². The number of Topliss-reactive ketones (excluding diaryl/α,β-unsaturated/α-hetero) is 3. The van der Waals surface area contributed by atoms with Gasteiger partial charge in [-0.15, -0.1) is 0 Å². The molecule has 0 bridgehead atoms. The number of rotatable bonds is 15. The first-order chi connectivity index (χ1) is 15.2. The second-order valence-electron chi connectivity index (χ2n) is 8.05. The first-order valence-electron chi connectivity index (χ1n) is 11.2. The highest BCUT2D eigenvalue weighted by Gasteiger charge is 2.11. The minimum absolute atomic E-state index is 0.0470. The summed E-state index contributed by atoms with van der Waals surface area (Å²) in [4.78, 5) is 31.8. The van der Waals surface area contributed by atoms with Crippen LogP contribution in [0.15, 0.2) is 0 Å². The molecule has 0 aromatic rings. The number of carbonyl (C=O) groups excluding carboxylic acids is 3. The van der Waals surface area contributed by atoms with Gasteiger partial charge in [-0.3, -0.25) is 14.4 Å². The summed E-state index contributed by atoms with van der Waals surface area (Å²) in [5.41, 5.74) is 31.7. The van der Waals surface area contributed by atoms with E-state index in [0.29, 0.717) is 38.5 Å². The maximum absolute atomic E-state index is 10.6. The third-order valence-electron chi connectivity index (χ3n) is 4.82. The Labute approximate surface area is 197 Å². The lowest BCUT2D eigenvalue weighted by Crippen LogP contribution is -2.30. The van der Waals surface area contributed by atoms with Gasteiger partial charge in [0.2, 0.25) is 0 Å². The molecule has 33 heavy (non-hydrogen) atoms. The largest absolute Gasteiger partial charge is 0.392 e. The highest BCUT2D eigenvalue weighted by molar-refractivity contribution is 5.81. The van der Waals surface area contributed by atoms with E-state index in [0.717, 1.165) is 0 Å². The Morgan fingerprint density at radius 1 is 0.515 bits per heavy atom. The molecule has 15 N–H and O–H groups in total. The van der Waals surface area contributed by atoms with Gasteiger partial charge in [0.25, 0.3) is 0 Å². The summed E-state index contributed by atoms with van der Waals surface area (Å²) in [6, 6.07) is -1.34. The van der Waals surface area contributed by atoms with Crippen molar-refractivity contribution in [3.8, 4) is 0 Å². The van der Waals surface area contributed by atoms with Gasteiger partial charge < -0.3 is 49.7 Å². The average Bonchev–Trinajstić information content (AvgIpc) is 2.78. The molecule has 0 aliphatic carbocycles. The maximum atomic E-state index is 10.6. The lowest BCUT2D eigenvalue weighted by molar-refractivity contribution is -0.119. The van der Waals surface area contributed by atoms with Crippen molar-refractivity contribution < 1.29 is 29.7 Å². The Balaban J connectivity index is -0.000000409. The molecular formula is C21H48N6O6. The van der Waals surface area contributed by atoms with Gasteiger partial charge in [0, 0.05) is 19.6 Å². The molecule has 0 aliphatic heterocycles. The van der Waals surface area contributed by atoms with E-state index in [9.17, 15) is 14.4 Å². The van der Waals surface area contributed by atoms with Gasteiger partial charge >= 0.3 is 0 Å². The smallest absolute Gasteiger partial charge is 0.146 e. The zero-order valence-corrected chi connectivity index (χ0v) is 20.4. The van der Waals surface area contributed by atoms with Crippen LogP contribution in [0.5, 0.6) is 0 Å². The molecule has 0 unspecified atom stereocenters. The lowest BCUT2D eigenvalue weighted by atomic mass is 10.1. The van der Waals surface area contributed by atoms with Crippen LogP contribution in [-0.4, -0.2) is 88.7 Å². The van der Waals surface area contributed by atoms with E-state index in [1.165, 1.54) is 20.8 Å². The van der Waals surface area contributed by atoms with E-state index in [1.807, 2.05) is 0 Å². The number of hydrogen-bond donors (Lipinski definition) is 9. The number of aliphatic hydroxyl groups excluding tert-OH is 3. The SMILES string of the molecule is CC(=O)[C@@H](N)CC[C@@H](O)CN.CC(=O)[C@@H](N)CC[C@H](O)CN.CC(=O)[C@H](N)CC[C@@H](O)CN. The molecule has 0 aromatic carbocycles. The molecule has 6 atom stereocenters. The molecule has 0 heterocycles. The molecule has 0 rings (SSSR count). The summed E-state index contributed by atoms with van der Waals surface area (Å²) in [6.45, 7) is 5.01. The molecule has 0 fully saturated rings. The maximum Gasteiger partial charge on any atom is 0.146 e. The normalized spacial score (nSPS) is 16.0. The standard InChI is InChI=1S/3C7H16N2O2/c3*1-5(10)7(9)3-2-6(11)4-8/h3*6-7,11H,2-4,8-9H2,1H3/t6-,7+;2*6-,7-/m110/s1. The van der Waals surface area contributed by atoms with E-state index in [4.69, 9.17) is 49.7 Å². The predicted molar refractivity (Wildman–Crippen MR) is 129 cm³/mol. The van der Waals surface area contributed by atoms with E-state index in [1.54, 1.807) is 0 Å². The monoisotopic (exact) mass is 480 g/mol. The molecule has 0 saturated heterocycles. The van der Waals surface area contributed by atoms with E-state index >= 15 is 0 Å². The number of nitrogens with two attached hydrogens (primary N) is 6. The Hall–Kier alpha value is -1.35. The van der Waals surface area contributed by atoms with Crippen molar-refractivity contribution in [2.24, 2.45) is 34.4 Å². The Morgan fingerprint density at radius 3 is 0.818 bits per heavy atom. The zero-order chi connectivity index (χ0) is 26.6. The van der Waals surface area contributed by atoms with Crippen molar-refractivity contribution >= 4 is 17.3 Å². The van der Waals surface area contributed by atoms with Crippen LogP contribution in [0.2, 0.25) is 0 Å². The van der Waals surface area contributed by atoms with Crippen LogP contribution >= 0.6 is 0 Å². The number of aliphatic hydroxyl groups is 3. The molecule has 12 heteroatoms. The van der Waals surface area contributed by atoms with Gasteiger partial charge in [-0.1, -0.05) is 0 Å². The summed E-state index contributed by atoms with van der Waals surface area (Å²) < 4.78 is 0. The minimum atomic E-state index is -0.527. The number of carbonyl (C=O) groups is 3. The highest BCUT2D eigenvalue weighted by Crippen LogP contribution is 2.00. The number of hydrogen-bond acceptors (Lipinski definition) is 12. The zero-order valence-electron chi connectivity index (χ0n) is 20.4. The molecule has 0 radical (unpaired) electrons. The molecule has 198 valence electrons. The van der Waals surface area contributed by atoms with Crippen molar-refractivity contribution in [3.05, 3.63) is 0 Å². The second-order valence-corrected chi connectivity index (χ2v) is 8.05. The third kappa shape index (κ3) is 25.1. The van der Waals surface area contributed by atoms with Crippen LogP contribution < -0.4 is 34.4 Å². The van der Waals surface area contributed by atoms with E-state index in [2.05, 4.69) is 0 Å². The predicted octanol–water partition coefficient (Wildman–Crippen LogP) is -2.99. The highest BCUT2D eigenvalue weighted by atomic mass is 16.3. The Bertz CT molecular complexity index is 454. The van der Waals surface area contributed by atoms with Crippen LogP contribution in [0.3, 0.4) is 0 Å². The van der Waals surface area contributed by atoms with Crippen molar-refractivity contribution in [2.45, 2.75) is 95.7 Å². The second kappa shape index (κ2) is 22.4. The summed E-state index contributed by atoms with van der Waals surface area (Å²) in [6.07, 6.45) is 1.43. The molecule has 0 spiro atoms. The number of ketones is 3.